The molecule has 0 atom stereocenters. The van der Waals surface area contributed by atoms with Crippen molar-refractivity contribution < 1.29 is 18.0 Å². The number of carbonyl (C=O) groups excluding carboxylic acids is 2. The highest BCUT2D eigenvalue weighted by Crippen LogP contribution is 2.16. The second-order valence-electron chi connectivity index (χ2n) is 5.54. The van der Waals surface area contributed by atoms with Crippen molar-refractivity contribution in [2.75, 3.05) is 11.1 Å². The predicted molar refractivity (Wildman–Crippen MR) is 95.7 cm³/mol. The maximum Gasteiger partial charge on any atom is 0.221 e. The molecular weight excluding hydrogens is 340 g/mol. The van der Waals surface area contributed by atoms with Gasteiger partial charge in [0.15, 0.2) is 9.84 Å². The van der Waals surface area contributed by atoms with Crippen LogP contribution in [0.2, 0.25) is 0 Å². The summed E-state index contributed by atoms with van der Waals surface area (Å²) in [6.07, 6.45) is -0.109. The minimum absolute atomic E-state index is 0.109. The number of benzene rings is 2. The van der Waals surface area contributed by atoms with Gasteiger partial charge in [0.25, 0.3) is 0 Å². The summed E-state index contributed by atoms with van der Waals surface area (Å²) in [6.45, 7) is 1.74. The molecule has 2 N–H and O–H groups in total. The lowest BCUT2D eigenvalue weighted by Gasteiger charge is -2.07. The highest BCUT2D eigenvalue weighted by atomic mass is 32.2. The van der Waals surface area contributed by atoms with Crippen LogP contribution in [0, 0.1) is 0 Å². The zero-order valence-corrected chi connectivity index (χ0v) is 14.7. The molecule has 25 heavy (non-hydrogen) atoms. The number of carbonyl (C=O) groups is 2. The third-order valence-corrected chi connectivity index (χ3v) is 5.20. The maximum absolute atomic E-state index is 12.3. The van der Waals surface area contributed by atoms with Crippen LogP contribution in [0.4, 0.5) is 5.69 Å². The number of hydrogen-bond donors (Lipinski definition) is 2. The first kappa shape index (κ1) is 18.7. The van der Waals surface area contributed by atoms with Crippen LogP contribution in [0.1, 0.15) is 18.9 Å². The molecule has 0 bridgehead atoms. The largest absolute Gasteiger partial charge is 0.352 e. The van der Waals surface area contributed by atoms with Crippen LogP contribution in [0.5, 0.6) is 0 Å². The molecule has 0 aromatic heterocycles. The Bertz CT molecular complexity index is 831. The van der Waals surface area contributed by atoms with Gasteiger partial charge < -0.3 is 10.6 Å². The maximum atomic E-state index is 12.3. The van der Waals surface area contributed by atoms with Crippen LogP contribution in [-0.2, 0) is 26.0 Å². The third-order valence-electron chi connectivity index (χ3n) is 3.46. The quantitative estimate of drug-likeness (QED) is 0.791. The van der Waals surface area contributed by atoms with Crippen LogP contribution in [-0.4, -0.2) is 26.0 Å². The van der Waals surface area contributed by atoms with Gasteiger partial charge in [-0.15, -0.1) is 0 Å². The van der Waals surface area contributed by atoms with Gasteiger partial charge in [0, 0.05) is 25.6 Å². The summed E-state index contributed by atoms with van der Waals surface area (Å²) in [5.74, 6) is -0.819. The van der Waals surface area contributed by atoms with Crippen LogP contribution >= 0.6 is 0 Å². The fourth-order valence-electron chi connectivity index (χ4n) is 2.18. The number of hydrogen-bond acceptors (Lipinski definition) is 4. The van der Waals surface area contributed by atoms with Crippen LogP contribution in [0.15, 0.2) is 59.5 Å². The highest BCUT2D eigenvalue weighted by molar-refractivity contribution is 7.91. The molecule has 2 aromatic rings. The van der Waals surface area contributed by atoms with Gasteiger partial charge in [0.05, 0.1) is 10.6 Å². The molecular formula is C18H20N2O4S. The summed E-state index contributed by atoms with van der Waals surface area (Å²) in [5.41, 5.74) is 1.47. The summed E-state index contributed by atoms with van der Waals surface area (Å²) in [6, 6.07) is 15.3. The van der Waals surface area contributed by atoms with Crippen molar-refractivity contribution >= 4 is 27.3 Å². The lowest BCUT2D eigenvalue weighted by atomic mass is 10.2. The van der Waals surface area contributed by atoms with E-state index in [1.165, 1.54) is 31.2 Å². The molecule has 0 aliphatic carbocycles. The van der Waals surface area contributed by atoms with E-state index in [2.05, 4.69) is 10.6 Å². The van der Waals surface area contributed by atoms with Crippen LogP contribution in [0.25, 0.3) is 0 Å². The van der Waals surface area contributed by atoms with E-state index < -0.39 is 9.84 Å². The van der Waals surface area contributed by atoms with E-state index in [-0.39, 0.29) is 28.9 Å². The summed E-state index contributed by atoms with van der Waals surface area (Å²) < 4.78 is 24.6. The van der Waals surface area contributed by atoms with E-state index in [9.17, 15) is 18.0 Å². The SMILES string of the molecule is CC(=O)Nc1ccc(S(=O)(=O)CCC(=O)NCc2ccccc2)cc1. The van der Waals surface area contributed by atoms with Crippen LogP contribution < -0.4 is 10.6 Å². The lowest BCUT2D eigenvalue weighted by molar-refractivity contribution is -0.120. The summed E-state index contributed by atoms with van der Waals surface area (Å²) in [5, 5.41) is 5.27. The second-order valence-corrected chi connectivity index (χ2v) is 7.65. The Kier molecular flexibility index (Phi) is 6.30. The molecule has 7 heteroatoms. The van der Waals surface area contributed by atoms with Crippen molar-refractivity contribution in [2.24, 2.45) is 0 Å². The summed E-state index contributed by atoms with van der Waals surface area (Å²) in [7, 11) is -3.56. The molecule has 2 amide bonds. The fraction of sp³-hybridized carbons (Fsp3) is 0.222. The predicted octanol–water partition coefficient (Wildman–Crippen LogP) is 2.13. The Labute approximate surface area is 147 Å². The van der Waals surface area contributed by atoms with Crippen molar-refractivity contribution in [3.63, 3.8) is 0 Å². The van der Waals surface area contributed by atoms with Crippen molar-refractivity contribution in [2.45, 2.75) is 24.8 Å². The number of amides is 2. The molecule has 0 heterocycles. The first-order chi connectivity index (χ1) is 11.9. The van der Waals surface area contributed by atoms with Crippen molar-refractivity contribution in [3.05, 3.63) is 60.2 Å². The molecule has 0 aliphatic rings. The van der Waals surface area contributed by atoms with Gasteiger partial charge in [0.2, 0.25) is 11.8 Å². The molecule has 132 valence electrons. The van der Waals surface area contributed by atoms with Gasteiger partial charge >= 0.3 is 0 Å². The normalized spacial score (nSPS) is 10.9. The summed E-state index contributed by atoms with van der Waals surface area (Å²) >= 11 is 0. The van der Waals surface area contributed by atoms with E-state index in [0.717, 1.165) is 5.56 Å². The molecule has 0 saturated carbocycles. The lowest BCUT2D eigenvalue weighted by Crippen LogP contribution is -2.25. The Balaban J connectivity index is 1.88. The molecule has 6 nitrogen and oxygen atoms in total. The van der Waals surface area contributed by atoms with Gasteiger partial charge in [-0.3, -0.25) is 9.59 Å². The molecule has 0 spiro atoms. The summed E-state index contributed by atoms with van der Waals surface area (Å²) in [4.78, 5) is 22.9. The zero-order chi connectivity index (χ0) is 18.3. The van der Waals surface area contributed by atoms with E-state index in [1.807, 2.05) is 30.3 Å². The topological polar surface area (TPSA) is 92.3 Å². The molecule has 0 radical (unpaired) electrons. The molecule has 2 aromatic carbocycles. The Morgan fingerprint density at radius 1 is 0.960 bits per heavy atom. The number of rotatable bonds is 7. The van der Waals surface area contributed by atoms with Crippen molar-refractivity contribution in [1.82, 2.24) is 5.32 Å². The van der Waals surface area contributed by atoms with Gasteiger partial charge in [0.1, 0.15) is 0 Å². The Morgan fingerprint density at radius 2 is 1.60 bits per heavy atom. The van der Waals surface area contributed by atoms with E-state index in [0.29, 0.717) is 12.2 Å². The van der Waals surface area contributed by atoms with Gasteiger partial charge in [-0.05, 0) is 29.8 Å². The Morgan fingerprint density at radius 3 is 2.20 bits per heavy atom. The number of nitrogens with one attached hydrogen (secondary N) is 2. The molecule has 0 fully saturated rings. The average Bonchev–Trinajstić information content (AvgIpc) is 2.59. The third kappa shape index (κ3) is 6.04. The molecule has 2 rings (SSSR count). The van der Waals surface area contributed by atoms with Crippen molar-refractivity contribution in [3.8, 4) is 0 Å². The number of sulfone groups is 1. The first-order valence-electron chi connectivity index (χ1n) is 7.78. The first-order valence-corrected chi connectivity index (χ1v) is 9.43. The highest BCUT2D eigenvalue weighted by Gasteiger charge is 2.16. The smallest absolute Gasteiger partial charge is 0.221 e. The van der Waals surface area contributed by atoms with Gasteiger partial charge in [-0.1, -0.05) is 30.3 Å². The van der Waals surface area contributed by atoms with Gasteiger partial charge in [-0.2, -0.15) is 0 Å². The second kappa shape index (κ2) is 8.43. The van der Waals surface area contributed by atoms with Gasteiger partial charge in [-0.25, -0.2) is 8.42 Å². The molecule has 0 aliphatic heterocycles. The standard InChI is InChI=1S/C18H20N2O4S/c1-14(21)20-16-7-9-17(10-8-16)25(23,24)12-11-18(22)19-13-15-5-3-2-4-6-15/h2-10H,11-13H2,1H3,(H,19,22)(H,20,21). The minimum atomic E-state index is -3.56. The van der Waals surface area contributed by atoms with E-state index in [4.69, 9.17) is 0 Å². The van der Waals surface area contributed by atoms with Crippen molar-refractivity contribution in [1.29, 1.82) is 0 Å². The van der Waals surface area contributed by atoms with E-state index in [1.54, 1.807) is 0 Å². The fourth-order valence-corrected chi connectivity index (χ4v) is 3.42. The Hall–Kier alpha value is -2.67. The minimum Gasteiger partial charge on any atom is -0.352 e. The molecule has 0 unspecified atom stereocenters. The van der Waals surface area contributed by atoms with Crippen LogP contribution in [0.3, 0.4) is 0 Å². The average molecular weight is 360 g/mol. The zero-order valence-electron chi connectivity index (χ0n) is 13.9. The monoisotopic (exact) mass is 360 g/mol. The van der Waals surface area contributed by atoms with E-state index >= 15 is 0 Å². The molecule has 0 saturated heterocycles. The number of anilines is 1.